The highest BCUT2D eigenvalue weighted by molar-refractivity contribution is 5.97. The van der Waals surface area contributed by atoms with Gasteiger partial charge in [0.1, 0.15) is 18.2 Å². The molecule has 5 rings (SSSR count). The van der Waals surface area contributed by atoms with Crippen LogP contribution in [0.4, 0.5) is 15.8 Å². The number of anilines is 2. The molecule has 6 nitrogen and oxygen atoms in total. The van der Waals surface area contributed by atoms with Crippen LogP contribution in [0.5, 0.6) is 0 Å². The molecule has 1 unspecified atom stereocenters. The fraction of sp³-hybridized carbons (Fsp3) is 0.222. The summed E-state index contributed by atoms with van der Waals surface area (Å²) in [5.74, 6) is -0.223. The second-order valence-corrected chi connectivity index (χ2v) is 8.38. The summed E-state index contributed by atoms with van der Waals surface area (Å²) in [6.07, 6.45) is 0.210. The Hall–Kier alpha value is -4.00. The van der Waals surface area contributed by atoms with Crippen LogP contribution in [0.1, 0.15) is 25.1 Å². The van der Waals surface area contributed by atoms with E-state index >= 15 is 0 Å². The summed E-state index contributed by atoms with van der Waals surface area (Å²) in [6.45, 7) is 2.89. The van der Waals surface area contributed by atoms with E-state index in [9.17, 15) is 14.0 Å². The Kier molecular flexibility index (Phi) is 5.84. The van der Waals surface area contributed by atoms with Gasteiger partial charge in [-0.1, -0.05) is 42.5 Å². The molecule has 2 heterocycles. The highest BCUT2D eigenvalue weighted by atomic mass is 19.1. The molecule has 1 aliphatic rings. The number of hydrogen-bond acceptors (Lipinski definition) is 3. The van der Waals surface area contributed by atoms with E-state index in [2.05, 4.69) is 0 Å². The number of nitrogens with zero attached hydrogens (tertiary/aromatic N) is 4. The number of hydrogen-bond donors (Lipinski definition) is 0. The van der Waals surface area contributed by atoms with E-state index in [1.165, 1.54) is 11.0 Å². The highest BCUT2D eigenvalue weighted by Gasteiger charge is 2.36. The first kappa shape index (κ1) is 21.8. The zero-order chi connectivity index (χ0) is 23.7. The standard InChI is InChI=1S/C27H25FN4O2/c1-2-30(20-10-4-3-5-11-20)26(34)18-32-24-15-9-7-13-22(24)29-27(32)19-16-25(33)31(17-19)23-14-8-6-12-21(23)28/h3-15,19H,2,16-18H2,1H3. The monoisotopic (exact) mass is 456 g/mol. The number of carbonyl (C=O) groups excluding carboxylic acids is 2. The van der Waals surface area contributed by atoms with Crippen molar-refractivity contribution >= 4 is 34.2 Å². The number of carbonyl (C=O) groups is 2. The first-order chi connectivity index (χ1) is 16.6. The van der Waals surface area contributed by atoms with E-state index in [0.717, 1.165) is 16.7 Å². The summed E-state index contributed by atoms with van der Waals surface area (Å²) in [4.78, 5) is 34.3. The van der Waals surface area contributed by atoms with Crippen molar-refractivity contribution in [3.63, 3.8) is 0 Å². The Balaban J connectivity index is 1.49. The minimum Gasteiger partial charge on any atom is -0.318 e. The predicted molar refractivity (Wildman–Crippen MR) is 130 cm³/mol. The van der Waals surface area contributed by atoms with Gasteiger partial charge in [0.25, 0.3) is 0 Å². The van der Waals surface area contributed by atoms with E-state index < -0.39 is 5.82 Å². The number of halogens is 1. The minimum atomic E-state index is -0.429. The van der Waals surface area contributed by atoms with E-state index in [0.29, 0.717) is 18.9 Å². The van der Waals surface area contributed by atoms with Gasteiger partial charge in [-0.2, -0.15) is 0 Å². The average Bonchev–Trinajstić information content (AvgIpc) is 3.41. The van der Waals surface area contributed by atoms with Crippen molar-refractivity contribution in [3.05, 3.63) is 90.5 Å². The largest absolute Gasteiger partial charge is 0.318 e. The number of fused-ring (bicyclic) bond motifs is 1. The Bertz CT molecular complexity index is 1350. The maximum Gasteiger partial charge on any atom is 0.246 e. The Morgan fingerprint density at radius 1 is 1.03 bits per heavy atom. The number of rotatable bonds is 6. The molecule has 2 amide bonds. The summed E-state index contributed by atoms with van der Waals surface area (Å²) in [7, 11) is 0. The van der Waals surface area contributed by atoms with Gasteiger partial charge in [-0.25, -0.2) is 9.37 Å². The number of likely N-dealkylation sites (N-methyl/N-ethyl adjacent to an activating group) is 1. The van der Waals surface area contributed by atoms with Crippen LogP contribution in [0.2, 0.25) is 0 Å². The van der Waals surface area contributed by atoms with Crippen molar-refractivity contribution in [3.8, 4) is 0 Å². The predicted octanol–water partition coefficient (Wildman–Crippen LogP) is 4.75. The highest BCUT2D eigenvalue weighted by Crippen LogP contribution is 2.34. The second-order valence-electron chi connectivity index (χ2n) is 8.38. The van der Waals surface area contributed by atoms with Crippen molar-refractivity contribution in [2.45, 2.75) is 25.8 Å². The van der Waals surface area contributed by atoms with Crippen molar-refractivity contribution in [1.82, 2.24) is 9.55 Å². The van der Waals surface area contributed by atoms with Crippen LogP contribution in [0, 0.1) is 5.82 Å². The molecule has 0 radical (unpaired) electrons. The summed E-state index contributed by atoms with van der Waals surface area (Å²) < 4.78 is 16.3. The van der Waals surface area contributed by atoms with Crippen LogP contribution in [0.25, 0.3) is 11.0 Å². The van der Waals surface area contributed by atoms with Crippen LogP contribution in [-0.2, 0) is 16.1 Å². The Labute approximate surface area is 197 Å². The van der Waals surface area contributed by atoms with Crippen LogP contribution in [-0.4, -0.2) is 34.5 Å². The van der Waals surface area contributed by atoms with Gasteiger partial charge in [0.05, 0.1) is 16.7 Å². The number of amides is 2. The van der Waals surface area contributed by atoms with Gasteiger partial charge in [0.15, 0.2) is 0 Å². The SMILES string of the molecule is CCN(C(=O)Cn1c(C2CC(=O)N(c3ccccc3F)C2)nc2ccccc21)c1ccccc1. The number of benzene rings is 3. The lowest BCUT2D eigenvalue weighted by atomic mass is 10.1. The first-order valence-corrected chi connectivity index (χ1v) is 11.4. The topological polar surface area (TPSA) is 58.4 Å². The van der Waals surface area contributed by atoms with Gasteiger partial charge in [0.2, 0.25) is 11.8 Å². The van der Waals surface area contributed by atoms with E-state index in [1.54, 1.807) is 23.1 Å². The van der Waals surface area contributed by atoms with Crippen molar-refractivity contribution in [2.24, 2.45) is 0 Å². The first-order valence-electron chi connectivity index (χ1n) is 11.4. The summed E-state index contributed by atoms with van der Waals surface area (Å²) in [6, 6.07) is 23.5. The lowest BCUT2D eigenvalue weighted by molar-refractivity contribution is -0.119. The molecule has 0 aliphatic carbocycles. The van der Waals surface area contributed by atoms with Crippen molar-refractivity contribution in [2.75, 3.05) is 22.9 Å². The van der Waals surface area contributed by atoms with E-state index in [-0.39, 0.29) is 36.4 Å². The van der Waals surface area contributed by atoms with Gasteiger partial charge in [0, 0.05) is 31.1 Å². The van der Waals surface area contributed by atoms with E-state index in [4.69, 9.17) is 4.98 Å². The van der Waals surface area contributed by atoms with Crippen LogP contribution >= 0.6 is 0 Å². The summed E-state index contributed by atoms with van der Waals surface area (Å²) in [5.41, 5.74) is 2.72. The normalized spacial score (nSPS) is 15.8. The molecular formula is C27H25FN4O2. The molecule has 0 spiro atoms. The summed E-state index contributed by atoms with van der Waals surface area (Å²) in [5, 5.41) is 0. The summed E-state index contributed by atoms with van der Waals surface area (Å²) >= 11 is 0. The molecule has 1 atom stereocenters. The van der Waals surface area contributed by atoms with Crippen LogP contribution in [0.15, 0.2) is 78.9 Å². The number of imidazole rings is 1. The molecule has 0 bridgehead atoms. The molecule has 1 fully saturated rings. The zero-order valence-corrected chi connectivity index (χ0v) is 18.9. The van der Waals surface area contributed by atoms with Gasteiger partial charge in [-0.3, -0.25) is 9.59 Å². The molecule has 7 heteroatoms. The van der Waals surface area contributed by atoms with Crippen LogP contribution in [0.3, 0.4) is 0 Å². The maximum atomic E-state index is 14.4. The third-order valence-corrected chi connectivity index (χ3v) is 6.30. The quantitative estimate of drug-likeness (QED) is 0.421. The maximum absolute atomic E-state index is 14.4. The second kappa shape index (κ2) is 9.09. The number of aromatic nitrogens is 2. The van der Waals surface area contributed by atoms with E-state index in [1.807, 2.05) is 66.1 Å². The Morgan fingerprint density at radius 3 is 2.50 bits per heavy atom. The van der Waals surface area contributed by atoms with Gasteiger partial charge in [-0.15, -0.1) is 0 Å². The minimum absolute atomic E-state index is 0.0617. The molecular weight excluding hydrogens is 431 g/mol. The fourth-order valence-corrected chi connectivity index (χ4v) is 4.69. The smallest absolute Gasteiger partial charge is 0.246 e. The average molecular weight is 457 g/mol. The molecule has 1 aliphatic heterocycles. The van der Waals surface area contributed by atoms with Gasteiger partial charge < -0.3 is 14.4 Å². The van der Waals surface area contributed by atoms with Crippen LogP contribution < -0.4 is 9.80 Å². The van der Waals surface area contributed by atoms with Gasteiger partial charge in [-0.05, 0) is 43.3 Å². The zero-order valence-electron chi connectivity index (χ0n) is 18.9. The lowest BCUT2D eigenvalue weighted by Gasteiger charge is -2.23. The third kappa shape index (κ3) is 3.94. The molecule has 1 aromatic heterocycles. The van der Waals surface area contributed by atoms with Crippen molar-refractivity contribution < 1.29 is 14.0 Å². The molecule has 172 valence electrons. The molecule has 0 saturated carbocycles. The lowest BCUT2D eigenvalue weighted by Crippen LogP contribution is -2.34. The fourth-order valence-electron chi connectivity index (χ4n) is 4.69. The van der Waals surface area contributed by atoms with Crippen molar-refractivity contribution in [1.29, 1.82) is 0 Å². The molecule has 0 N–H and O–H groups in total. The Morgan fingerprint density at radius 2 is 1.74 bits per heavy atom. The molecule has 3 aromatic carbocycles. The molecule has 1 saturated heterocycles. The molecule has 34 heavy (non-hydrogen) atoms. The third-order valence-electron chi connectivity index (χ3n) is 6.30. The molecule has 4 aromatic rings. The van der Waals surface area contributed by atoms with Gasteiger partial charge >= 0.3 is 0 Å². The number of para-hydroxylation sites is 4.